The van der Waals surface area contributed by atoms with Gasteiger partial charge in [-0.15, -0.1) is 0 Å². The van der Waals surface area contributed by atoms with E-state index in [4.69, 9.17) is 0 Å². The monoisotopic (exact) mass is 442 g/mol. The van der Waals surface area contributed by atoms with E-state index in [1.165, 1.54) is 11.6 Å². The zero-order valence-electron chi connectivity index (χ0n) is 18.6. The van der Waals surface area contributed by atoms with Crippen LogP contribution < -0.4 is 5.32 Å². The molecule has 172 valence electrons. The Labute approximate surface area is 179 Å². The van der Waals surface area contributed by atoms with Gasteiger partial charge in [-0.1, -0.05) is 0 Å². The van der Waals surface area contributed by atoms with Gasteiger partial charge in [-0.05, 0) is 53.7 Å². The first-order valence-electron chi connectivity index (χ1n) is 9.99. The lowest BCUT2D eigenvalue weighted by Gasteiger charge is -2.27. The molecule has 8 nitrogen and oxygen atoms in total. The van der Waals surface area contributed by atoms with Crippen LogP contribution in [0.5, 0.6) is 0 Å². The summed E-state index contributed by atoms with van der Waals surface area (Å²) in [6, 6.07) is 2.04. The summed E-state index contributed by atoms with van der Waals surface area (Å²) in [4.78, 5) is 25.9. The van der Waals surface area contributed by atoms with Crippen molar-refractivity contribution in [2.75, 3.05) is 19.6 Å². The molecule has 2 aromatic rings. The van der Waals surface area contributed by atoms with Crippen molar-refractivity contribution in [3.63, 3.8) is 0 Å². The van der Waals surface area contributed by atoms with Crippen LogP contribution in [0.3, 0.4) is 0 Å². The Kier molecular flexibility index (Phi) is 7.50. The van der Waals surface area contributed by atoms with E-state index in [1.807, 2.05) is 13.0 Å². The molecular formula is C20H29F3N6O2. The Morgan fingerprint density at radius 3 is 1.90 bits per heavy atom. The van der Waals surface area contributed by atoms with Crippen molar-refractivity contribution in [1.29, 1.82) is 0 Å². The Morgan fingerprint density at radius 1 is 1.00 bits per heavy atom. The van der Waals surface area contributed by atoms with E-state index < -0.39 is 36.6 Å². The van der Waals surface area contributed by atoms with Gasteiger partial charge in [0.2, 0.25) is 11.8 Å². The fourth-order valence-electron chi connectivity index (χ4n) is 3.50. The molecule has 2 amide bonds. The van der Waals surface area contributed by atoms with Crippen LogP contribution in [-0.2, 0) is 9.59 Å². The number of hydrogen-bond acceptors (Lipinski definition) is 4. The predicted octanol–water partition coefficient (Wildman–Crippen LogP) is 2.64. The molecule has 31 heavy (non-hydrogen) atoms. The molecular weight excluding hydrogens is 413 g/mol. The largest absolute Gasteiger partial charge is 0.406 e. The molecule has 0 aliphatic heterocycles. The minimum absolute atomic E-state index is 0.117. The molecule has 0 fully saturated rings. The second kappa shape index (κ2) is 9.52. The second-order valence-electron chi connectivity index (χ2n) is 7.76. The number of aromatic nitrogens is 4. The van der Waals surface area contributed by atoms with Gasteiger partial charge in [-0.25, -0.2) is 0 Å². The van der Waals surface area contributed by atoms with Gasteiger partial charge in [0.25, 0.3) is 0 Å². The zero-order chi connectivity index (χ0) is 23.5. The van der Waals surface area contributed by atoms with E-state index in [2.05, 4.69) is 15.5 Å². The third-order valence-electron chi connectivity index (χ3n) is 4.92. The van der Waals surface area contributed by atoms with Crippen LogP contribution in [0.15, 0.2) is 12.1 Å². The highest BCUT2D eigenvalue weighted by Gasteiger charge is 2.35. The number of halogens is 3. The summed E-state index contributed by atoms with van der Waals surface area (Å²) in [7, 11) is 0. The van der Waals surface area contributed by atoms with Crippen LogP contribution in [0, 0.1) is 27.7 Å². The van der Waals surface area contributed by atoms with Gasteiger partial charge in [0.15, 0.2) is 0 Å². The summed E-state index contributed by atoms with van der Waals surface area (Å²) in [6.07, 6.45) is -4.56. The number of hydrogen-bond donors (Lipinski definition) is 1. The lowest BCUT2D eigenvalue weighted by molar-refractivity contribution is -0.163. The van der Waals surface area contributed by atoms with Crippen LogP contribution in [0.4, 0.5) is 13.2 Å². The van der Waals surface area contributed by atoms with Gasteiger partial charge >= 0.3 is 6.18 Å². The normalized spacial score (nSPS) is 13.7. The number of rotatable bonds is 8. The molecule has 0 saturated carbocycles. The van der Waals surface area contributed by atoms with Gasteiger partial charge < -0.3 is 10.2 Å². The molecule has 0 spiro atoms. The first-order chi connectivity index (χ1) is 14.3. The third kappa shape index (κ3) is 6.31. The van der Waals surface area contributed by atoms with E-state index >= 15 is 0 Å². The molecule has 0 aliphatic rings. The Morgan fingerprint density at radius 2 is 1.48 bits per heavy atom. The number of nitrogens with one attached hydrogen (secondary N) is 1. The molecule has 2 rings (SSSR count). The van der Waals surface area contributed by atoms with Crippen LogP contribution in [0.1, 0.15) is 48.7 Å². The fraction of sp³-hybridized carbons (Fsp3) is 0.600. The van der Waals surface area contributed by atoms with Crippen molar-refractivity contribution in [1.82, 2.24) is 29.8 Å². The molecule has 0 aliphatic carbocycles. The minimum atomic E-state index is -4.56. The summed E-state index contributed by atoms with van der Waals surface area (Å²) in [5.74, 6) is -1.11. The average molecular weight is 442 g/mol. The highest BCUT2D eigenvalue weighted by atomic mass is 19.4. The summed E-state index contributed by atoms with van der Waals surface area (Å²) in [5.41, 5.74) is 2.91. The maximum Gasteiger partial charge on any atom is 0.406 e. The van der Waals surface area contributed by atoms with Crippen LogP contribution in [-0.4, -0.2) is 62.1 Å². The van der Waals surface area contributed by atoms with Gasteiger partial charge in [-0.3, -0.25) is 19.0 Å². The van der Waals surface area contributed by atoms with Crippen molar-refractivity contribution >= 4 is 11.8 Å². The topological polar surface area (TPSA) is 85.0 Å². The molecule has 11 heteroatoms. The van der Waals surface area contributed by atoms with E-state index in [1.54, 1.807) is 38.4 Å². The van der Waals surface area contributed by atoms with E-state index in [0.717, 1.165) is 11.4 Å². The van der Waals surface area contributed by atoms with Crippen molar-refractivity contribution in [2.45, 2.75) is 59.8 Å². The van der Waals surface area contributed by atoms with Gasteiger partial charge in [-0.2, -0.15) is 23.4 Å². The van der Waals surface area contributed by atoms with Crippen LogP contribution in [0.25, 0.3) is 0 Å². The number of alkyl halides is 3. The lowest BCUT2D eigenvalue weighted by atomic mass is 10.2. The molecule has 1 N–H and O–H groups in total. The fourth-order valence-corrected chi connectivity index (χ4v) is 3.50. The van der Waals surface area contributed by atoms with E-state index in [-0.39, 0.29) is 13.1 Å². The Balaban J connectivity index is 2.05. The highest BCUT2D eigenvalue weighted by Crippen LogP contribution is 2.20. The molecule has 0 saturated heterocycles. The highest BCUT2D eigenvalue weighted by molar-refractivity contribution is 5.81. The molecule has 2 unspecified atom stereocenters. The molecule has 0 aromatic carbocycles. The maximum atomic E-state index is 13.1. The van der Waals surface area contributed by atoms with Crippen LogP contribution in [0.2, 0.25) is 0 Å². The first kappa shape index (κ1) is 24.4. The van der Waals surface area contributed by atoms with Crippen molar-refractivity contribution in [2.24, 2.45) is 0 Å². The Bertz CT molecular complexity index is 934. The minimum Gasteiger partial charge on any atom is -0.352 e. The summed E-state index contributed by atoms with van der Waals surface area (Å²) in [5, 5.41) is 11.0. The summed E-state index contributed by atoms with van der Waals surface area (Å²) >= 11 is 0. The summed E-state index contributed by atoms with van der Waals surface area (Å²) in [6.45, 7) is 8.45. The Hall–Kier alpha value is -2.85. The maximum absolute atomic E-state index is 13.1. The van der Waals surface area contributed by atoms with Crippen molar-refractivity contribution < 1.29 is 22.8 Å². The van der Waals surface area contributed by atoms with Crippen molar-refractivity contribution in [3.8, 4) is 0 Å². The quantitative estimate of drug-likeness (QED) is 0.681. The van der Waals surface area contributed by atoms with E-state index in [0.29, 0.717) is 16.3 Å². The molecule has 2 heterocycles. The van der Waals surface area contributed by atoms with Gasteiger partial charge in [0.1, 0.15) is 18.6 Å². The van der Waals surface area contributed by atoms with Crippen LogP contribution >= 0.6 is 0 Å². The molecule has 0 radical (unpaired) electrons. The number of aryl methyl sites for hydroxylation is 4. The smallest absolute Gasteiger partial charge is 0.352 e. The second-order valence-corrected chi connectivity index (χ2v) is 7.76. The van der Waals surface area contributed by atoms with Gasteiger partial charge in [0.05, 0.1) is 11.4 Å². The molecule has 0 bridgehead atoms. The number of nitrogens with zero attached hydrogens (tertiary/aromatic N) is 5. The number of amides is 2. The SMILES string of the molecule is Cc1cc(C)n(C(C)C(=O)NCCN(CC(F)(F)F)C(=O)C(C)n2nc(C)cc2C)n1. The van der Waals surface area contributed by atoms with Crippen molar-refractivity contribution in [3.05, 3.63) is 34.9 Å². The predicted molar refractivity (Wildman–Crippen MR) is 108 cm³/mol. The standard InChI is InChI=1S/C20H29F3N6O2/c1-12-9-14(3)28(25-12)16(5)18(30)24-7-8-27(11-20(21,22)23)19(31)17(6)29-15(4)10-13(2)26-29/h9-10,16-17H,7-8,11H2,1-6H3,(H,24,30). The summed E-state index contributed by atoms with van der Waals surface area (Å²) < 4.78 is 42.2. The average Bonchev–Trinajstić information content (AvgIpc) is 3.17. The molecule has 2 atom stereocenters. The lowest BCUT2D eigenvalue weighted by Crippen LogP contribution is -2.46. The number of carbonyl (C=O) groups excluding carboxylic acids is 2. The van der Waals surface area contributed by atoms with Gasteiger partial charge in [0, 0.05) is 24.5 Å². The third-order valence-corrected chi connectivity index (χ3v) is 4.92. The van der Waals surface area contributed by atoms with E-state index in [9.17, 15) is 22.8 Å². The molecule has 2 aromatic heterocycles. The zero-order valence-corrected chi connectivity index (χ0v) is 18.6. The number of carbonyl (C=O) groups is 2. The first-order valence-corrected chi connectivity index (χ1v) is 9.99.